The number of aromatic nitrogens is 2. The van der Waals surface area contributed by atoms with Crippen molar-refractivity contribution in [3.63, 3.8) is 0 Å². The summed E-state index contributed by atoms with van der Waals surface area (Å²) in [5.74, 6) is 0.842. The van der Waals surface area contributed by atoms with E-state index in [0.29, 0.717) is 11.8 Å². The number of benzene rings is 1. The average molecular weight is 228 g/mol. The van der Waals surface area contributed by atoms with Crippen LogP contribution in [0.25, 0.3) is 0 Å². The molecule has 88 valence electrons. The van der Waals surface area contributed by atoms with E-state index in [2.05, 4.69) is 29.2 Å². The third-order valence-corrected chi connectivity index (χ3v) is 3.63. The lowest BCUT2D eigenvalue weighted by Crippen LogP contribution is -2.06. The molecule has 0 amide bonds. The van der Waals surface area contributed by atoms with Crippen LogP contribution in [-0.4, -0.2) is 14.7 Å². The molecule has 0 spiro atoms. The Morgan fingerprint density at radius 2 is 2.12 bits per heavy atom. The van der Waals surface area contributed by atoms with Crippen LogP contribution in [-0.2, 0) is 7.05 Å². The highest BCUT2D eigenvalue weighted by Crippen LogP contribution is 2.53. The van der Waals surface area contributed by atoms with E-state index in [9.17, 15) is 5.11 Å². The Morgan fingerprint density at radius 3 is 2.76 bits per heavy atom. The first-order valence-corrected chi connectivity index (χ1v) is 5.96. The van der Waals surface area contributed by atoms with Gasteiger partial charge in [0.15, 0.2) is 0 Å². The van der Waals surface area contributed by atoms with E-state index in [1.807, 2.05) is 17.7 Å². The molecule has 3 atom stereocenters. The van der Waals surface area contributed by atoms with Crippen molar-refractivity contribution in [2.24, 2.45) is 13.0 Å². The molecule has 1 aliphatic rings. The summed E-state index contributed by atoms with van der Waals surface area (Å²) in [7, 11) is 1.92. The number of aliphatic hydroxyl groups excluding tert-OH is 1. The molecule has 17 heavy (non-hydrogen) atoms. The van der Waals surface area contributed by atoms with Crippen LogP contribution in [0.1, 0.15) is 29.7 Å². The summed E-state index contributed by atoms with van der Waals surface area (Å²) >= 11 is 0. The molecule has 1 aliphatic carbocycles. The number of rotatable bonds is 3. The first kappa shape index (κ1) is 10.5. The first-order chi connectivity index (χ1) is 8.27. The number of hydrogen-bond donors (Lipinski definition) is 1. The monoisotopic (exact) mass is 228 g/mol. The summed E-state index contributed by atoms with van der Waals surface area (Å²) in [5, 5.41) is 10.3. The molecule has 3 heteroatoms. The Morgan fingerprint density at radius 1 is 1.35 bits per heavy atom. The van der Waals surface area contributed by atoms with Crippen LogP contribution in [0.4, 0.5) is 0 Å². The average Bonchev–Trinajstić information content (AvgIpc) is 3.05. The minimum Gasteiger partial charge on any atom is -0.387 e. The molecular weight excluding hydrogens is 212 g/mol. The van der Waals surface area contributed by atoms with Crippen LogP contribution < -0.4 is 0 Å². The molecule has 0 bridgehead atoms. The van der Waals surface area contributed by atoms with Crippen molar-refractivity contribution in [1.82, 2.24) is 9.55 Å². The lowest BCUT2D eigenvalue weighted by Gasteiger charge is -2.10. The van der Waals surface area contributed by atoms with Gasteiger partial charge in [0.25, 0.3) is 0 Å². The normalized spacial score (nSPS) is 24.6. The lowest BCUT2D eigenvalue weighted by molar-refractivity contribution is 0.143. The van der Waals surface area contributed by atoms with Gasteiger partial charge in [-0.3, -0.25) is 0 Å². The van der Waals surface area contributed by atoms with E-state index >= 15 is 0 Å². The van der Waals surface area contributed by atoms with Crippen molar-refractivity contribution in [3.05, 3.63) is 54.1 Å². The second kappa shape index (κ2) is 4.00. The zero-order valence-corrected chi connectivity index (χ0v) is 9.82. The van der Waals surface area contributed by atoms with Crippen molar-refractivity contribution in [2.45, 2.75) is 18.4 Å². The highest BCUT2D eigenvalue weighted by Gasteiger charge is 2.44. The largest absolute Gasteiger partial charge is 0.387 e. The molecule has 0 aliphatic heterocycles. The molecule has 1 fully saturated rings. The van der Waals surface area contributed by atoms with Crippen molar-refractivity contribution in [2.75, 3.05) is 0 Å². The maximum Gasteiger partial charge on any atom is 0.0989 e. The van der Waals surface area contributed by atoms with Crippen LogP contribution in [0.5, 0.6) is 0 Å². The fraction of sp³-hybridized carbons (Fsp3) is 0.357. The van der Waals surface area contributed by atoms with Gasteiger partial charge in [0, 0.05) is 7.05 Å². The Balaban J connectivity index is 1.75. The first-order valence-electron chi connectivity index (χ1n) is 5.96. The van der Waals surface area contributed by atoms with Gasteiger partial charge in [0.2, 0.25) is 0 Å². The van der Waals surface area contributed by atoms with E-state index in [0.717, 1.165) is 12.1 Å². The van der Waals surface area contributed by atoms with E-state index in [4.69, 9.17) is 0 Å². The standard InChI is InChI=1S/C14H16N2O/c1-16-9-15-8-13(16)14(17)12-7-11(12)10-5-3-2-4-6-10/h2-6,8-9,11-12,14,17H,7H2,1H3. The summed E-state index contributed by atoms with van der Waals surface area (Å²) in [4.78, 5) is 4.05. The van der Waals surface area contributed by atoms with Gasteiger partial charge in [-0.15, -0.1) is 0 Å². The van der Waals surface area contributed by atoms with Gasteiger partial charge in [0.05, 0.1) is 24.3 Å². The zero-order valence-electron chi connectivity index (χ0n) is 9.82. The van der Waals surface area contributed by atoms with Crippen molar-refractivity contribution in [3.8, 4) is 0 Å². The molecule has 3 unspecified atom stereocenters. The Bertz CT molecular complexity index is 506. The van der Waals surface area contributed by atoms with Crippen molar-refractivity contribution >= 4 is 0 Å². The van der Waals surface area contributed by atoms with Crippen LogP contribution in [0.3, 0.4) is 0 Å². The third kappa shape index (κ3) is 1.87. The predicted octanol–water partition coefficient (Wildman–Crippen LogP) is 2.26. The Labute approximate surface area is 101 Å². The molecule has 2 aromatic rings. The van der Waals surface area contributed by atoms with Gasteiger partial charge in [0.1, 0.15) is 0 Å². The highest BCUT2D eigenvalue weighted by molar-refractivity contribution is 5.27. The van der Waals surface area contributed by atoms with Gasteiger partial charge < -0.3 is 9.67 Å². The number of nitrogens with zero attached hydrogens (tertiary/aromatic N) is 2. The van der Waals surface area contributed by atoms with Gasteiger partial charge in [-0.25, -0.2) is 4.98 Å². The Hall–Kier alpha value is -1.61. The second-order valence-corrected chi connectivity index (χ2v) is 4.79. The third-order valence-electron chi connectivity index (χ3n) is 3.63. The van der Waals surface area contributed by atoms with Gasteiger partial charge >= 0.3 is 0 Å². The van der Waals surface area contributed by atoms with E-state index < -0.39 is 6.10 Å². The molecule has 3 rings (SSSR count). The summed E-state index contributed by atoms with van der Waals surface area (Å²) in [6.45, 7) is 0. The molecule has 1 aromatic heterocycles. The Kier molecular flexibility index (Phi) is 2.48. The molecule has 1 heterocycles. The number of imidazole rings is 1. The molecule has 1 aromatic carbocycles. The molecule has 3 nitrogen and oxygen atoms in total. The van der Waals surface area contributed by atoms with E-state index in [1.165, 1.54) is 5.56 Å². The predicted molar refractivity (Wildman–Crippen MR) is 65.5 cm³/mol. The summed E-state index contributed by atoms with van der Waals surface area (Å²) in [6.07, 6.45) is 4.16. The van der Waals surface area contributed by atoms with Gasteiger partial charge in [-0.05, 0) is 23.8 Å². The SMILES string of the molecule is Cn1cncc1C(O)C1CC1c1ccccc1. The van der Waals surface area contributed by atoms with Crippen LogP contribution in [0.2, 0.25) is 0 Å². The minimum atomic E-state index is -0.396. The summed E-state index contributed by atoms with van der Waals surface area (Å²) in [5.41, 5.74) is 2.24. The van der Waals surface area contributed by atoms with Crippen molar-refractivity contribution in [1.29, 1.82) is 0 Å². The quantitative estimate of drug-likeness (QED) is 0.875. The fourth-order valence-corrected chi connectivity index (χ4v) is 2.52. The fourth-order valence-electron chi connectivity index (χ4n) is 2.52. The maximum atomic E-state index is 10.3. The van der Waals surface area contributed by atoms with E-state index in [1.54, 1.807) is 12.5 Å². The summed E-state index contributed by atoms with van der Waals surface area (Å²) in [6, 6.07) is 10.4. The zero-order chi connectivity index (χ0) is 11.8. The molecule has 1 N–H and O–H groups in total. The molecule has 0 saturated heterocycles. The van der Waals surface area contributed by atoms with Gasteiger partial charge in [-0.1, -0.05) is 30.3 Å². The number of aliphatic hydroxyl groups is 1. The smallest absolute Gasteiger partial charge is 0.0989 e. The molecule has 0 radical (unpaired) electrons. The van der Waals surface area contributed by atoms with E-state index in [-0.39, 0.29) is 0 Å². The van der Waals surface area contributed by atoms with Crippen molar-refractivity contribution < 1.29 is 5.11 Å². The maximum absolute atomic E-state index is 10.3. The topological polar surface area (TPSA) is 38.0 Å². The molecular formula is C14H16N2O. The van der Waals surface area contributed by atoms with Gasteiger partial charge in [-0.2, -0.15) is 0 Å². The number of aryl methyl sites for hydroxylation is 1. The highest BCUT2D eigenvalue weighted by atomic mass is 16.3. The molecule has 1 saturated carbocycles. The summed E-state index contributed by atoms with van der Waals surface area (Å²) < 4.78 is 1.89. The van der Waals surface area contributed by atoms with Crippen LogP contribution >= 0.6 is 0 Å². The van der Waals surface area contributed by atoms with Crippen LogP contribution in [0, 0.1) is 5.92 Å². The lowest BCUT2D eigenvalue weighted by atomic mass is 10.1. The van der Waals surface area contributed by atoms with Crippen LogP contribution in [0.15, 0.2) is 42.9 Å². The minimum absolute atomic E-state index is 0.341. The second-order valence-electron chi connectivity index (χ2n) is 4.79. The number of hydrogen-bond acceptors (Lipinski definition) is 2.